The Morgan fingerprint density at radius 1 is 1.14 bits per heavy atom. The number of aryl methyl sites for hydroxylation is 1. The molecule has 5 heteroatoms. The summed E-state index contributed by atoms with van der Waals surface area (Å²) in [5.74, 6) is -1.20. The van der Waals surface area contributed by atoms with E-state index in [0.717, 1.165) is 11.1 Å². The van der Waals surface area contributed by atoms with Gasteiger partial charge in [-0.15, -0.1) is 0 Å². The number of nitrogens with zero attached hydrogens (tertiary/aromatic N) is 1. The highest BCUT2D eigenvalue weighted by Crippen LogP contribution is 2.35. The maximum Gasteiger partial charge on any atom is 0.391 e. The SMILES string of the molecule is Cc1ccc(C(O)C(C)N2CCC(C(F)(F)F)CC2)cc1. The summed E-state index contributed by atoms with van der Waals surface area (Å²) in [4.78, 5) is 1.95. The molecular formula is C16H22F3NO. The first-order valence-electron chi connectivity index (χ1n) is 7.34. The van der Waals surface area contributed by atoms with Crippen molar-refractivity contribution < 1.29 is 18.3 Å². The minimum absolute atomic E-state index is 0.120. The molecule has 1 aromatic carbocycles. The molecule has 1 heterocycles. The Morgan fingerprint density at radius 3 is 2.14 bits per heavy atom. The van der Waals surface area contributed by atoms with Crippen LogP contribution in [0.1, 0.15) is 37.0 Å². The van der Waals surface area contributed by atoms with Gasteiger partial charge in [-0.3, -0.25) is 4.90 Å². The van der Waals surface area contributed by atoms with Crippen molar-refractivity contribution in [3.05, 3.63) is 35.4 Å². The highest BCUT2D eigenvalue weighted by molar-refractivity contribution is 5.24. The number of alkyl halides is 3. The van der Waals surface area contributed by atoms with Crippen molar-refractivity contribution in [1.29, 1.82) is 0 Å². The summed E-state index contributed by atoms with van der Waals surface area (Å²) in [6.45, 7) is 4.61. The molecule has 1 saturated heterocycles. The summed E-state index contributed by atoms with van der Waals surface area (Å²) >= 11 is 0. The van der Waals surface area contributed by atoms with Gasteiger partial charge in [-0.1, -0.05) is 29.8 Å². The second-order valence-electron chi connectivity index (χ2n) is 5.95. The molecule has 1 aromatic rings. The summed E-state index contributed by atoms with van der Waals surface area (Å²) in [6, 6.07) is 7.43. The lowest BCUT2D eigenvalue weighted by Crippen LogP contribution is -2.45. The lowest BCUT2D eigenvalue weighted by atomic mass is 9.93. The van der Waals surface area contributed by atoms with Crippen LogP contribution in [-0.2, 0) is 0 Å². The molecule has 0 bridgehead atoms. The van der Waals surface area contributed by atoms with E-state index in [1.165, 1.54) is 0 Å². The average Bonchev–Trinajstić information content (AvgIpc) is 2.46. The van der Waals surface area contributed by atoms with Crippen LogP contribution in [0.15, 0.2) is 24.3 Å². The van der Waals surface area contributed by atoms with Crippen LogP contribution in [0.4, 0.5) is 13.2 Å². The summed E-state index contributed by atoms with van der Waals surface area (Å²) in [5, 5.41) is 10.4. The first kappa shape index (κ1) is 16.3. The largest absolute Gasteiger partial charge is 0.391 e. The van der Waals surface area contributed by atoms with Crippen molar-refractivity contribution in [2.24, 2.45) is 5.92 Å². The molecule has 21 heavy (non-hydrogen) atoms. The molecule has 2 atom stereocenters. The van der Waals surface area contributed by atoms with Gasteiger partial charge in [0.1, 0.15) is 0 Å². The number of benzene rings is 1. The van der Waals surface area contributed by atoms with Gasteiger partial charge in [-0.05, 0) is 45.3 Å². The molecule has 1 fully saturated rings. The number of rotatable bonds is 3. The molecule has 0 spiro atoms. The predicted octanol–water partition coefficient (Wildman–Crippen LogP) is 3.69. The molecule has 0 amide bonds. The Kier molecular flexibility index (Phi) is 4.94. The minimum Gasteiger partial charge on any atom is -0.387 e. The zero-order valence-corrected chi connectivity index (χ0v) is 12.4. The van der Waals surface area contributed by atoms with Gasteiger partial charge in [0.25, 0.3) is 0 Å². The predicted molar refractivity (Wildman–Crippen MR) is 76.0 cm³/mol. The summed E-state index contributed by atoms with van der Waals surface area (Å²) < 4.78 is 38.0. The third-order valence-electron chi connectivity index (χ3n) is 4.44. The third kappa shape index (κ3) is 3.98. The van der Waals surface area contributed by atoms with E-state index in [1.807, 2.05) is 43.0 Å². The van der Waals surface area contributed by atoms with Crippen molar-refractivity contribution in [1.82, 2.24) is 4.90 Å². The molecule has 2 nitrogen and oxygen atoms in total. The van der Waals surface area contributed by atoms with Crippen molar-refractivity contribution in [2.75, 3.05) is 13.1 Å². The van der Waals surface area contributed by atoms with Crippen LogP contribution in [0.5, 0.6) is 0 Å². The molecule has 0 saturated carbocycles. The van der Waals surface area contributed by atoms with E-state index in [-0.39, 0.29) is 18.9 Å². The molecule has 1 N–H and O–H groups in total. The van der Waals surface area contributed by atoms with Gasteiger partial charge in [-0.25, -0.2) is 0 Å². The van der Waals surface area contributed by atoms with Gasteiger partial charge in [0.2, 0.25) is 0 Å². The van der Waals surface area contributed by atoms with Crippen LogP contribution in [0, 0.1) is 12.8 Å². The molecule has 2 rings (SSSR count). The second kappa shape index (κ2) is 6.36. The van der Waals surface area contributed by atoms with E-state index >= 15 is 0 Å². The van der Waals surface area contributed by atoms with Crippen molar-refractivity contribution in [3.63, 3.8) is 0 Å². The molecule has 1 aliphatic rings. The standard InChI is InChI=1S/C16H22F3NO/c1-11-3-5-13(6-4-11)15(21)12(2)20-9-7-14(8-10-20)16(17,18)19/h3-6,12,14-15,21H,7-10H2,1-2H3. The summed E-state index contributed by atoms with van der Waals surface area (Å²) in [7, 11) is 0. The van der Waals surface area contributed by atoms with E-state index in [2.05, 4.69) is 0 Å². The number of hydrogen-bond donors (Lipinski definition) is 1. The van der Waals surface area contributed by atoms with Crippen molar-refractivity contribution in [3.8, 4) is 0 Å². The first-order valence-corrected chi connectivity index (χ1v) is 7.34. The highest BCUT2D eigenvalue weighted by Gasteiger charge is 2.42. The van der Waals surface area contributed by atoms with Crippen LogP contribution in [-0.4, -0.2) is 35.3 Å². The Morgan fingerprint density at radius 2 is 1.67 bits per heavy atom. The second-order valence-corrected chi connectivity index (χ2v) is 5.95. The van der Waals surface area contributed by atoms with Crippen LogP contribution in [0.3, 0.4) is 0 Å². The third-order valence-corrected chi connectivity index (χ3v) is 4.44. The summed E-state index contributed by atoms with van der Waals surface area (Å²) in [6.07, 6.45) is -4.53. The number of aliphatic hydroxyl groups excluding tert-OH is 1. The quantitative estimate of drug-likeness (QED) is 0.920. The molecule has 2 unspecified atom stereocenters. The van der Waals surface area contributed by atoms with E-state index in [1.54, 1.807) is 0 Å². The van der Waals surface area contributed by atoms with E-state index < -0.39 is 18.2 Å². The van der Waals surface area contributed by atoms with Gasteiger partial charge in [0, 0.05) is 6.04 Å². The fourth-order valence-corrected chi connectivity index (χ4v) is 2.88. The van der Waals surface area contributed by atoms with Crippen LogP contribution in [0.2, 0.25) is 0 Å². The normalized spacial score (nSPS) is 21.2. The van der Waals surface area contributed by atoms with E-state index in [4.69, 9.17) is 0 Å². The van der Waals surface area contributed by atoms with Gasteiger partial charge < -0.3 is 5.11 Å². The number of halogens is 3. The van der Waals surface area contributed by atoms with Crippen molar-refractivity contribution >= 4 is 0 Å². The molecule has 118 valence electrons. The average molecular weight is 301 g/mol. The Hall–Kier alpha value is -1.07. The fraction of sp³-hybridized carbons (Fsp3) is 0.625. The van der Waals surface area contributed by atoms with Gasteiger partial charge in [0.15, 0.2) is 0 Å². The van der Waals surface area contributed by atoms with Gasteiger partial charge >= 0.3 is 6.18 Å². The molecular weight excluding hydrogens is 279 g/mol. The summed E-state index contributed by atoms with van der Waals surface area (Å²) in [5.41, 5.74) is 1.93. The number of piperidine rings is 1. The van der Waals surface area contributed by atoms with E-state index in [0.29, 0.717) is 13.1 Å². The molecule has 1 aliphatic heterocycles. The van der Waals surface area contributed by atoms with Crippen LogP contribution >= 0.6 is 0 Å². The maximum absolute atomic E-state index is 12.7. The van der Waals surface area contributed by atoms with E-state index in [9.17, 15) is 18.3 Å². The minimum atomic E-state index is -4.09. The molecule has 0 radical (unpaired) electrons. The van der Waals surface area contributed by atoms with Crippen molar-refractivity contribution in [2.45, 2.75) is 45.0 Å². The fourth-order valence-electron chi connectivity index (χ4n) is 2.88. The number of hydrogen-bond acceptors (Lipinski definition) is 2. The monoisotopic (exact) mass is 301 g/mol. The zero-order valence-electron chi connectivity index (χ0n) is 12.4. The topological polar surface area (TPSA) is 23.5 Å². The van der Waals surface area contributed by atoms with Gasteiger partial charge in [0.05, 0.1) is 12.0 Å². The lowest BCUT2D eigenvalue weighted by molar-refractivity contribution is -0.186. The Labute approximate surface area is 123 Å². The first-order chi connectivity index (χ1) is 9.79. The smallest absolute Gasteiger partial charge is 0.387 e. The highest BCUT2D eigenvalue weighted by atomic mass is 19.4. The number of aliphatic hydroxyl groups is 1. The van der Waals surface area contributed by atoms with Gasteiger partial charge in [-0.2, -0.15) is 13.2 Å². The van der Waals surface area contributed by atoms with Crippen LogP contribution in [0.25, 0.3) is 0 Å². The maximum atomic E-state index is 12.7. The molecule has 0 aliphatic carbocycles. The molecule has 0 aromatic heterocycles. The Bertz CT molecular complexity index is 450. The number of likely N-dealkylation sites (tertiary alicyclic amines) is 1. The Balaban J connectivity index is 1.95. The zero-order chi connectivity index (χ0) is 15.6. The van der Waals surface area contributed by atoms with Crippen LogP contribution < -0.4 is 0 Å². The lowest BCUT2D eigenvalue weighted by Gasteiger charge is -2.38.